The molecule has 0 atom stereocenters. The first-order chi connectivity index (χ1) is 13.7. The Morgan fingerprint density at radius 2 is 1.86 bits per heavy atom. The maximum Gasteiger partial charge on any atom is 0.230 e. The first kappa shape index (κ1) is 19.2. The maximum atomic E-state index is 12.9. The van der Waals surface area contributed by atoms with E-state index in [9.17, 15) is 4.79 Å². The highest BCUT2D eigenvalue weighted by Crippen LogP contribution is 2.44. The standard InChI is InChI=1S/C21H26ClN5O/c22-18-5-1-4-17(16-18)21(6-2-7-21)19(28)23-10-11-26-12-14-27(15-13-26)20-24-8-3-9-25-20/h1,3-5,8-9,16H,2,6-7,10-15H2,(H,23,28). The van der Waals surface area contributed by atoms with Gasteiger partial charge in [0.2, 0.25) is 11.9 Å². The lowest BCUT2D eigenvalue weighted by Crippen LogP contribution is -2.52. The first-order valence-corrected chi connectivity index (χ1v) is 10.3. The molecule has 2 fully saturated rings. The van der Waals surface area contributed by atoms with Crippen LogP contribution in [0.15, 0.2) is 42.7 Å². The van der Waals surface area contributed by atoms with Gasteiger partial charge < -0.3 is 10.2 Å². The Hall–Kier alpha value is -2.18. The molecule has 2 aliphatic rings. The van der Waals surface area contributed by atoms with Crippen molar-refractivity contribution in [2.24, 2.45) is 0 Å². The quantitative estimate of drug-likeness (QED) is 0.808. The second-order valence-electron chi connectivity index (χ2n) is 7.58. The van der Waals surface area contributed by atoms with Crippen molar-refractivity contribution in [3.8, 4) is 0 Å². The van der Waals surface area contributed by atoms with E-state index in [1.807, 2.05) is 30.3 Å². The molecule has 0 radical (unpaired) electrons. The third-order valence-corrected chi connectivity index (χ3v) is 6.17. The minimum Gasteiger partial charge on any atom is -0.354 e. The van der Waals surface area contributed by atoms with Crippen LogP contribution < -0.4 is 10.2 Å². The highest BCUT2D eigenvalue weighted by molar-refractivity contribution is 6.30. The summed E-state index contributed by atoms with van der Waals surface area (Å²) in [5, 5.41) is 3.86. The van der Waals surface area contributed by atoms with Gasteiger partial charge in [0.05, 0.1) is 5.41 Å². The van der Waals surface area contributed by atoms with Gasteiger partial charge in [-0.2, -0.15) is 0 Å². The molecule has 0 unspecified atom stereocenters. The van der Waals surface area contributed by atoms with Gasteiger partial charge in [-0.25, -0.2) is 9.97 Å². The molecule has 1 aliphatic heterocycles. The van der Waals surface area contributed by atoms with Crippen molar-refractivity contribution >= 4 is 23.5 Å². The number of hydrogen-bond donors (Lipinski definition) is 1. The minimum atomic E-state index is -0.395. The summed E-state index contributed by atoms with van der Waals surface area (Å²) < 4.78 is 0. The molecular weight excluding hydrogens is 374 g/mol. The van der Waals surface area contributed by atoms with Gasteiger partial charge in [0.1, 0.15) is 0 Å². The normalized spacial score (nSPS) is 19.1. The summed E-state index contributed by atoms with van der Waals surface area (Å²) in [6, 6.07) is 9.58. The van der Waals surface area contributed by atoms with Gasteiger partial charge >= 0.3 is 0 Å². The third kappa shape index (κ3) is 3.98. The summed E-state index contributed by atoms with van der Waals surface area (Å²) in [6.07, 6.45) is 6.44. The zero-order valence-electron chi connectivity index (χ0n) is 16.0. The summed E-state index contributed by atoms with van der Waals surface area (Å²) >= 11 is 6.15. The number of aromatic nitrogens is 2. The Balaban J connectivity index is 1.26. The molecule has 1 amide bonds. The Morgan fingerprint density at radius 3 is 2.50 bits per heavy atom. The van der Waals surface area contributed by atoms with E-state index in [4.69, 9.17) is 11.6 Å². The molecule has 1 aromatic heterocycles. The van der Waals surface area contributed by atoms with Gasteiger partial charge in [-0.1, -0.05) is 30.2 Å². The highest BCUT2D eigenvalue weighted by Gasteiger charge is 2.45. The molecule has 28 heavy (non-hydrogen) atoms. The van der Waals surface area contributed by atoms with E-state index in [1.165, 1.54) is 0 Å². The average Bonchev–Trinajstić information content (AvgIpc) is 2.68. The molecule has 0 spiro atoms. The number of rotatable bonds is 6. The second kappa shape index (κ2) is 8.45. The Morgan fingerprint density at radius 1 is 1.11 bits per heavy atom. The molecule has 1 N–H and O–H groups in total. The molecule has 0 bridgehead atoms. The van der Waals surface area contributed by atoms with E-state index >= 15 is 0 Å². The van der Waals surface area contributed by atoms with Crippen LogP contribution in [-0.4, -0.2) is 60.0 Å². The van der Waals surface area contributed by atoms with Crippen LogP contribution >= 0.6 is 11.6 Å². The van der Waals surface area contributed by atoms with Gasteiger partial charge in [0.15, 0.2) is 0 Å². The topological polar surface area (TPSA) is 61.4 Å². The Bertz CT molecular complexity index is 803. The summed E-state index contributed by atoms with van der Waals surface area (Å²) in [5.74, 6) is 0.932. The minimum absolute atomic E-state index is 0.136. The summed E-state index contributed by atoms with van der Waals surface area (Å²) in [4.78, 5) is 26.2. The van der Waals surface area contributed by atoms with Crippen molar-refractivity contribution in [3.05, 3.63) is 53.3 Å². The molecule has 1 aromatic carbocycles. The predicted molar refractivity (Wildman–Crippen MR) is 111 cm³/mol. The van der Waals surface area contributed by atoms with Crippen molar-refractivity contribution in [2.75, 3.05) is 44.2 Å². The number of amides is 1. The van der Waals surface area contributed by atoms with Gasteiger partial charge in [-0.3, -0.25) is 9.69 Å². The fourth-order valence-electron chi connectivity index (χ4n) is 4.09. The van der Waals surface area contributed by atoms with Crippen LogP contribution in [0.4, 0.5) is 5.95 Å². The number of nitrogens with one attached hydrogen (secondary N) is 1. The van der Waals surface area contributed by atoms with Crippen LogP contribution in [0.5, 0.6) is 0 Å². The SMILES string of the molecule is O=C(NCCN1CCN(c2ncccn2)CC1)C1(c2cccc(Cl)c2)CCC1. The first-order valence-electron chi connectivity index (χ1n) is 9.96. The summed E-state index contributed by atoms with van der Waals surface area (Å²) in [5.41, 5.74) is 0.647. The predicted octanol–water partition coefficient (Wildman–Crippen LogP) is 2.49. The van der Waals surface area contributed by atoms with Gasteiger partial charge in [-0.05, 0) is 36.6 Å². The number of hydrogen-bond acceptors (Lipinski definition) is 5. The number of carbonyl (C=O) groups is 1. The number of halogens is 1. The van der Waals surface area contributed by atoms with Crippen molar-refractivity contribution < 1.29 is 4.79 Å². The Labute approximate surface area is 170 Å². The zero-order valence-corrected chi connectivity index (χ0v) is 16.7. The van der Waals surface area contributed by atoms with Crippen molar-refractivity contribution in [1.82, 2.24) is 20.2 Å². The van der Waals surface area contributed by atoms with Gasteiger partial charge in [0.25, 0.3) is 0 Å². The number of anilines is 1. The van der Waals surface area contributed by atoms with Crippen LogP contribution in [0.1, 0.15) is 24.8 Å². The third-order valence-electron chi connectivity index (χ3n) is 5.94. The van der Waals surface area contributed by atoms with Gasteiger partial charge in [0, 0.05) is 56.7 Å². The van der Waals surface area contributed by atoms with Crippen molar-refractivity contribution in [2.45, 2.75) is 24.7 Å². The number of carbonyl (C=O) groups excluding carboxylic acids is 1. The lowest BCUT2D eigenvalue weighted by atomic mass is 9.64. The number of nitrogens with zero attached hydrogens (tertiary/aromatic N) is 4. The molecule has 6 nitrogen and oxygen atoms in total. The molecule has 148 valence electrons. The number of benzene rings is 1. The van der Waals surface area contributed by atoms with E-state index in [-0.39, 0.29) is 5.91 Å². The van der Waals surface area contributed by atoms with Crippen LogP contribution in [-0.2, 0) is 10.2 Å². The lowest BCUT2D eigenvalue weighted by molar-refractivity contribution is -0.130. The fourth-order valence-corrected chi connectivity index (χ4v) is 4.28. The van der Waals surface area contributed by atoms with Crippen LogP contribution in [0, 0.1) is 0 Å². The van der Waals surface area contributed by atoms with Crippen LogP contribution in [0.25, 0.3) is 0 Å². The second-order valence-corrected chi connectivity index (χ2v) is 8.02. The van der Waals surface area contributed by atoms with E-state index in [0.717, 1.165) is 63.5 Å². The largest absolute Gasteiger partial charge is 0.354 e. The van der Waals surface area contributed by atoms with Crippen molar-refractivity contribution in [1.29, 1.82) is 0 Å². The van der Waals surface area contributed by atoms with Crippen LogP contribution in [0.2, 0.25) is 5.02 Å². The molecule has 2 aromatic rings. The number of piperazine rings is 1. The fraction of sp³-hybridized carbons (Fsp3) is 0.476. The summed E-state index contributed by atoms with van der Waals surface area (Å²) in [7, 11) is 0. The average molecular weight is 400 g/mol. The zero-order chi connectivity index (χ0) is 19.4. The molecular formula is C21H26ClN5O. The lowest BCUT2D eigenvalue weighted by Gasteiger charge is -2.41. The van der Waals surface area contributed by atoms with Crippen molar-refractivity contribution in [3.63, 3.8) is 0 Å². The smallest absolute Gasteiger partial charge is 0.230 e. The van der Waals surface area contributed by atoms with E-state index < -0.39 is 5.41 Å². The van der Waals surface area contributed by atoms with E-state index in [0.29, 0.717) is 11.6 Å². The molecule has 1 aliphatic carbocycles. The van der Waals surface area contributed by atoms with E-state index in [1.54, 1.807) is 12.4 Å². The van der Waals surface area contributed by atoms with E-state index in [2.05, 4.69) is 25.1 Å². The molecule has 7 heteroatoms. The molecule has 2 heterocycles. The molecule has 1 saturated carbocycles. The summed E-state index contributed by atoms with van der Waals surface area (Å²) in [6.45, 7) is 5.25. The molecule has 1 saturated heterocycles. The molecule has 4 rings (SSSR count). The maximum absolute atomic E-state index is 12.9. The Kier molecular flexibility index (Phi) is 5.78. The van der Waals surface area contributed by atoms with Crippen LogP contribution in [0.3, 0.4) is 0 Å². The monoisotopic (exact) mass is 399 g/mol. The highest BCUT2D eigenvalue weighted by atomic mass is 35.5. The van der Waals surface area contributed by atoms with Gasteiger partial charge in [-0.15, -0.1) is 0 Å².